The maximum atomic E-state index is 13.6. The van der Waals surface area contributed by atoms with Crippen molar-refractivity contribution in [3.63, 3.8) is 0 Å². The van der Waals surface area contributed by atoms with Crippen molar-refractivity contribution in [2.45, 2.75) is 19.1 Å². The fourth-order valence-corrected chi connectivity index (χ4v) is 1.34. The van der Waals surface area contributed by atoms with Crippen LogP contribution in [0.4, 0.5) is 4.39 Å². The lowest BCUT2D eigenvalue weighted by Gasteiger charge is -2.17. The molecule has 0 aliphatic carbocycles. The second-order valence-corrected chi connectivity index (χ2v) is 3.42. The van der Waals surface area contributed by atoms with Crippen LogP contribution >= 0.6 is 12.4 Å². The summed E-state index contributed by atoms with van der Waals surface area (Å²) in [6.45, 7) is 1.58. The molecule has 0 heterocycles. The van der Waals surface area contributed by atoms with Gasteiger partial charge in [-0.2, -0.15) is 0 Å². The number of phenolic OH excluding ortho intramolecular Hbond substituents is 2. The predicted molar refractivity (Wildman–Crippen MR) is 65.5 cm³/mol. The van der Waals surface area contributed by atoms with E-state index in [9.17, 15) is 19.4 Å². The highest BCUT2D eigenvalue weighted by Gasteiger charge is 2.29. The van der Waals surface area contributed by atoms with Gasteiger partial charge in [0.15, 0.2) is 0 Å². The third-order valence-electron chi connectivity index (χ3n) is 2.20. The quantitative estimate of drug-likeness (QED) is 0.572. The van der Waals surface area contributed by atoms with Crippen molar-refractivity contribution in [3.8, 4) is 11.5 Å². The van der Waals surface area contributed by atoms with Gasteiger partial charge in [0.25, 0.3) is 0 Å². The molecule has 0 aliphatic heterocycles. The Labute approximate surface area is 110 Å². The van der Waals surface area contributed by atoms with E-state index in [-0.39, 0.29) is 36.1 Å². The van der Waals surface area contributed by atoms with E-state index in [1.54, 1.807) is 6.92 Å². The van der Waals surface area contributed by atoms with Crippen molar-refractivity contribution in [1.82, 2.24) is 0 Å². The first-order chi connectivity index (χ1) is 7.97. The Hall–Kier alpha value is -1.53. The van der Waals surface area contributed by atoms with E-state index in [4.69, 9.17) is 5.73 Å². The number of nitrogens with two attached hydrogens (primary N) is 1. The lowest BCUT2D eigenvalue weighted by molar-refractivity contribution is -0.149. The normalized spacial score (nSPS) is 13.3. The zero-order chi connectivity index (χ0) is 13.0. The zero-order valence-electron chi connectivity index (χ0n) is 9.67. The molecular formula is C11H15ClFNO4. The van der Waals surface area contributed by atoms with Crippen molar-refractivity contribution >= 4 is 18.4 Å². The van der Waals surface area contributed by atoms with Crippen LogP contribution in [0.2, 0.25) is 0 Å². The number of ether oxygens (including phenoxy) is 1. The molecule has 0 aromatic heterocycles. The van der Waals surface area contributed by atoms with Gasteiger partial charge in [-0.05, 0) is 25.1 Å². The maximum absolute atomic E-state index is 13.6. The molecule has 1 aromatic carbocycles. The molecule has 1 rings (SSSR count). The van der Waals surface area contributed by atoms with E-state index in [0.717, 1.165) is 6.07 Å². The number of alkyl halides is 1. The molecule has 18 heavy (non-hydrogen) atoms. The summed E-state index contributed by atoms with van der Waals surface area (Å²) in [5, 5.41) is 18.7. The number of halogens is 2. The molecule has 1 unspecified atom stereocenters. The van der Waals surface area contributed by atoms with E-state index in [0.29, 0.717) is 0 Å². The van der Waals surface area contributed by atoms with Crippen LogP contribution in [0.15, 0.2) is 18.2 Å². The van der Waals surface area contributed by atoms with Gasteiger partial charge in [0.05, 0.1) is 12.6 Å². The lowest BCUT2D eigenvalue weighted by atomic mass is 10.0. The van der Waals surface area contributed by atoms with E-state index in [1.165, 1.54) is 12.1 Å². The Morgan fingerprint density at radius 3 is 2.67 bits per heavy atom. The van der Waals surface area contributed by atoms with E-state index in [2.05, 4.69) is 4.74 Å². The second kappa shape index (κ2) is 7.03. The van der Waals surface area contributed by atoms with Gasteiger partial charge in [-0.1, -0.05) is 0 Å². The smallest absolute Gasteiger partial charge is 0.342 e. The molecular weight excluding hydrogens is 265 g/mol. The van der Waals surface area contributed by atoms with Crippen LogP contribution in [0.1, 0.15) is 18.5 Å². The van der Waals surface area contributed by atoms with Crippen molar-refractivity contribution in [1.29, 1.82) is 0 Å². The number of esters is 1. The summed E-state index contributed by atoms with van der Waals surface area (Å²) >= 11 is 0. The molecule has 0 fully saturated rings. The van der Waals surface area contributed by atoms with Gasteiger partial charge in [0.2, 0.25) is 6.17 Å². The number of carbonyl (C=O) groups is 1. The number of hydrogen-bond acceptors (Lipinski definition) is 5. The van der Waals surface area contributed by atoms with Crippen LogP contribution in [0, 0.1) is 0 Å². The van der Waals surface area contributed by atoms with Gasteiger partial charge in [-0.3, -0.25) is 0 Å². The number of benzene rings is 1. The Morgan fingerprint density at radius 1 is 1.50 bits per heavy atom. The highest BCUT2D eigenvalue weighted by atomic mass is 35.5. The fraction of sp³-hybridized carbons (Fsp3) is 0.364. The Kier molecular flexibility index (Phi) is 6.43. The lowest BCUT2D eigenvalue weighted by Crippen LogP contribution is -2.31. The molecule has 0 radical (unpaired) electrons. The van der Waals surface area contributed by atoms with Gasteiger partial charge in [-0.15, -0.1) is 12.4 Å². The molecule has 1 aromatic rings. The average molecular weight is 280 g/mol. The Morgan fingerprint density at radius 2 is 2.11 bits per heavy atom. The Bertz CT molecular complexity index is 416. The van der Waals surface area contributed by atoms with Crippen LogP contribution in [-0.4, -0.2) is 29.0 Å². The number of carbonyl (C=O) groups excluding carboxylic acids is 1. The minimum absolute atomic E-state index is 0. The van der Waals surface area contributed by atoms with Crippen molar-refractivity contribution in [2.75, 3.05) is 6.61 Å². The number of phenols is 2. The van der Waals surface area contributed by atoms with Crippen LogP contribution in [0.25, 0.3) is 0 Å². The van der Waals surface area contributed by atoms with Crippen molar-refractivity contribution in [3.05, 3.63) is 23.8 Å². The van der Waals surface area contributed by atoms with Crippen molar-refractivity contribution < 1.29 is 24.1 Å². The monoisotopic (exact) mass is 279 g/mol. The third-order valence-corrected chi connectivity index (χ3v) is 2.20. The topological polar surface area (TPSA) is 92.8 Å². The molecule has 0 amide bonds. The predicted octanol–water partition coefficient (Wildman–Crippen LogP) is 1.42. The summed E-state index contributed by atoms with van der Waals surface area (Å²) in [5.74, 6) is -1.56. The number of rotatable bonds is 4. The van der Waals surface area contributed by atoms with Gasteiger partial charge < -0.3 is 20.7 Å². The van der Waals surface area contributed by atoms with Crippen LogP contribution in [0.3, 0.4) is 0 Å². The summed E-state index contributed by atoms with van der Waals surface area (Å²) in [5.41, 5.74) is 5.44. The van der Waals surface area contributed by atoms with Crippen LogP contribution in [0.5, 0.6) is 11.5 Å². The molecule has 0 spiro atoms. The highest BCUT2D eigenvalue weighted by Crippen LogP contribution is 2.29. The average Bonchev–Trinajstić information content (AvgIpc) is 2.30. The largest absolute Gasteiger partial charge is 0.508 e. The third kappa shape index (κ3) is 3.75. The van der Waals surface area contributed by atoms with Crippen LogP contribution in [-0.2, 0) is 9.53 Å². The first kappa shape index (κ1) is 16.5. The summed E-state index contributed by atoms with van der Waals surface area (Å²) in [6, 6.07) is 2.11. The van der Waals surface area contributed by atoms with Gasteiger partial charge in [0, 0.05) is 5.56 Å². The zero-order valence-corrected chi connectivity index (χ0v) is 10.5. The highest BCUT2D eigenvalue weighted by molar-refractivity contribution is 5.85. The van der Waals surface area contributed by atoms with Crippen LogP contribution < -0.4 is 5.73 Å². The minimum atomic E-state index is -2.09. The molecule has 0 saturated heterocycles. The summed E-state index contributed by atoms with van der Waals surface area (Å²) < 4.78 is 18.1. The summed E-state index contributed by atoms with van der Waals surface area (Å²) in [6.07, 6.45) is -2.09. The molecule has 7 heteroatoms. The van der Waals surface area contributed by atoms with Crippen molar-refractivity contribution in [2.24, 2.45) is 5.73 Å². The van der Waals surface area contributed by atoms with E-state index < -0.39 is 18.2 Å². The molecule has 0 bridgehead atoms. The molecule has 0 saturated carbocycles. The van der Waals surface area contributed by atoms with E-state index >= 15 is 0 Å². The fourth-order valence-electron chi connectivity index (χ4n) is 1.34. The first-order valence-electron chi connectivity index (χ1n) is 5.05. The maximum Gasteiger partial charge on any atom is 0.342 e. The van der Waals surface area contributed by atoms with E-state index in [1.807, 2.05) is 0 Å². The summed E-state index contributed by atoms with van der Waals surface area (Å²) in [4.78, 5) is 11.1. The molecule has 5 nitrogen and oxygen atoms in total. The molecule has 4 N–H and O–H groups in total. The standard InChI is InChI=1S/C11H14FNO4.ClH/c1-2-17-11(16)9(12)10(13)7-5-6(14)3-4-8(7)15;/h3-5,9-10,14-15H,2,13H2,1H3;1H/t9?,10-;/m0./s1. The second-order valence-electron chi connectivity index (χ2n) is 3.42. The van der Waals surface area contributed by atoms with Gasteiger partial charge in [0.1, 0.15) is 11.5 Å². The Balaban J connectivity index is 0.00000289. The van der Waals surface area contributed by atoms with Gasteiger partial charge >= 0.3 is 5.97 Å². The summed E-state index contributed by atoms with van der Waals surface area (Å²) in [7, 11) is 0. The SMILES string of the molecule is CCOC(=O)C(F)[C@@H](N)c1cc(O)ccc1O.Cl. The van der Waals surface area contributed by atoms with Gasteiger partial charge in [-0.25, -0.2) is 9.18 Å². The first-order valence-corrected chi connectivity index (χ1v) is 5.05. The number of hydrogen-bond donors (Lipinski definition) is 3. The number of aromatic hydroxyl groups is 2. The molecule has 102 valence electrons. The molecule has 0 aliphatic rings. The molecule has 2 atom stereocenters. The minimum Gasteiger partial charge on any atom is -0.508 e.